The normalized spacial score (nSPS) is 10.6. The first-order chi connectivity index (χ1) is 11.6. The minimum atomic E-state index is 0.00194. The van der Waals surface area contributed by atoms with Crippen LogP contribution in [-0.4, -0.2) is 10.9 Å². The van der Waals surface area contributed by atoms with Crippen molar-refractivity contribution >= 4 is 28.8 Å². The average Bonchev–Trinajstić information content (AvgIpc) is 2.95. The number of thiazole rings is 1. The maximum atomic E-state index is 12.0. The van der Waals surface area contributed by atoms with E-state index in [2.05, 4.69) is 10.3 Å². The molecule has 3 aromatic rings. The maximum Gasteiger partial charge on any atom is 0.224 e. The van der Waals surface area contributed by atoms with Crippen molar-refractivity contribution in [3.05, 3.63) is 75.1 Å². The second-order valence-corrected chi connectivity index (χ2v) is 7.18. The largest absolute Gasteiger partial charge is 0.349 e. The van der Waals surface area contributed by atoms with Gasteiger partial charge in [-0.3, -0.25) is 4.79 Å². The van der Waals surface area contributed by atoms with Gasteiger partial charge < -0.3 is 5.32 Å². The molecule has 0 aliphatic rings. The van der Waals surface area contributed by atoms with Crippen molar-refractivity contribution in [1.82, 2.24) is 10.3 Å². The highest BCUT2D eigenvalue weighted by atomic mass is 35.5. The molecule has 122 valence electrons. The van der Waals surface area contributed by atoms with Crippen molar-refractivity contribution in [3.63, 3.8) is 0 Å². The number of rotatable bonds is 5. The maximum absolute atomic E-state index is 12.0. The Morgan fingerprint density at radius 2 is 1.83 bits per heavy atom. The molecule has 1 amide bonds. The summed E-state index contributed by atoms with van der Waals surface area (Å²) in [6, 6.07) is 17.4. The fourth-order valence-electron chi connectivity index (χ4n) is 2.42. The summed E-state index contributed by atoms with van der Waals surface area (Å²) in [5.74, 6) is 0.00194. The molecule has 3 rings (SSSR count). The summed E-state index contributed by atoms with van der Waals surface area (Å²) in [4.78, 5) is 17.8. The summed E-state index contributed by atoms with van der Waals surface area (Å²) < 4.78 is 0. The van der Waals surface area contributed by atoms with Crippen LogP contribution in [0.4, 0.5) is 0 Å². The lowest BCUT2D eigenvalue weighted by molar-refractivity contribution is -0.120. The molecule has 0 saturated heterocycles. The number of aryl methyl sites for hydroxylation is 1. The molecule has 0 fully saturated rings. The van der Waals surface area contributed by atoms with Gasteiger partial charge in [-0.15, -0.1) is 11.3 Å². The van der Waals surface area contributed by atoms with Crippen LogP contribution in [0.1, 0.15) is 15.4 Å². The molecule has 5 heteroatoms. The van der Waals surface area contributed by atoms with E-state index in [0.29, 0.717) is 18.0 Å². The Morgan fingerprint density at radius 3 is 2.54 bits per heavy atom. The Balaban J connectivity index is 1.63. The molecule has 0 aliphatic heterocycles. The van der Waals surface area contributed by atoms with Gasteiger partial charge in [0.05, 0.1) is 18.7 Å². The molecular weight excluding hydrogens is 340 g/mol. The number of carbonyl (C=O) groups is 1. The van der Waals surface area contributed by atoms with Crippen LogP contribution in [0.15, 0.2) is 54.6 Å². The van der Waals surface area contributed by atoms with Crippen molar-refractivity contribution in [1.29, 1.82) is 0 Å². The third kappa shape index (κ3) is 4.22. The number of nitrogens with one attached hydrogen (secondary N) is 1. The van der Waals surface area contributed by atoms with Crippen LogP contribution in [0.3, 0.4) is 0 Å². The number of halogens is 1. The van der Waals surface area contributed by atoms with Crippen molar-refractivity contribution < 1.29 is 4.79 Å². The second kappa shape index (κ2) is 7.60. The van der Waals surface area contributed by atoms with Crippen molar-refractivity contribution in [2.45, 2.75) is 19.9 Å². The summed E-state index contributed by atoms with van der Waals surface area (Å²) in [5.41, 5.74) is 2.99. The highest BCUT2D eigenvalue weighted by Crippen LogP contribution is 2.28. The Labute approximate surface area is 150 Å². The Morgan fingerprint density at radius 1 is 1.12 bits per heavy atom. The van der Waals surface area contributed by atoms with Gasteiger partial charge in [0.25, 0.3) is 0 Å². The van der Waals surface area contributed by atoms with Gasteiger partial charge in [0, 0.05) is 15.5 Å². The van der Waals surface area contributed by atoms with Crippen molar-refractivity contribution in [3.8, 4) is 11.3 Å². The molecular formula is C19H17ClN2OS. The predicted octanol–water partition coefficient (Wildman–Crippen LogP) is 4.63. The number of nitrogens with zero attached hydrogens (tertiary/aromatic N) is 1. The van der Waals surface area contributed by atoms with Crippen LogP contribution in [-0.2, 0) is 17.8 Å². The smallest absolute Gasteiger partial charge is 0.224 e. The average molecular weight is 357 g/mol. The predicted molar refractivity (Wildman–Crippen MR) is 99.3 cm³/mol. The van der Waals surface area contributed by atoms with E-state index in [0.717, 1.165) is 26.7 Å². The standard InChI is InChI=1S/C19H17ClN2OS/c1-13-19(15-7-9-16(20)10-8-15)22-18(24-13)12-21-17(23)11-14-5-3-2-4-6-14/h2-10H,11-12H2,1H3,(H,21,23). The summed E-state index contributed by atoms with van der Waals surface area (Å²) in [7, 11) is 0. The first kappa shape index (κ1) is 16.7. The van der Waals surface area contributed by atoms with Gasteiger partial charge in [0.2, 0.25) is 5.91 Å². The van der Waals surface area contributed by atoms with E-state index in [1.807, 2.05) is 61.5 Å². The molecule has 24 heavy (non-hydrogen) atoms. The van der Waals surface area contributed by atoms with E-state index >= 15 is 0 Å². The summed E-state index contributed by atoms with van der Waals surface area (Å²) >= 11 is 7.53. The van der Waals surface area contributed by atoms with Crippen LogP contribution in [0, 0.1) is 6.92 Å². The fourth-order valence-corrected chi connectivity index (χ4v) is 3.44. The van der Waals surface area contributed by atoms with Gasteiger partial charge in [-0.2, -0.15) is 0 Å². The molecule has 0 spiro atoms. The highest BCUT2D eigenvalue weighted by Gasteiger charge is 2.11. The third-order valence-electron chi connectivity index (χ3n) is 3.60. The molecule has 0 unspecified atom stereocenters. The van der Waals surface area contributed by atoms with Crippen molar-refractivity contribution in [2.75, 3.05) is 0 Å². The van der Waals surface area contributed by atoms with Gasteiger partial charge in [-0.1, -0.05) is 54.1 Å². The van der Waals surface area contributed by atoms with Crippen LogP contribution < -0.4 is 5.32 Å². The summed E-state index contributed by atoms with van der Waals surface area (Å²) in [6.45, 7) is 2.49. The monoisotopic (exact) mass is 356 g/mol. The Bertz CT molecular complexity index is 828. The zero-order valence-electron chi connectivity index (χ0n) is 13.3. The lowest BCUT2D eigenvalue weighted by Gasteiger charge is -2.03. The number of carbonyl (C=O) groups excluding carboxylic acids is 1. The zero-order chi connectivity index (χ0) is 16.9. The molecule has 3 nitrogen and oxygen atoms in total. The summed E-state index contributed by atoms with van der Waals surface area (Å²) in [6.07, 6.45) is 0.384. The zero-order valence-corrected chi connectivity index (χ0v) is 14.8. The van der Waals surface area contributed by atoms with Crippen LogP contribution in [0.5, 0.6) is 0 Å². The van der Waals surface area contributed by atoms with Gasteiger partial charge in [-0.05, 0) is 24.6 Å². The van der Waals surface area contributed by atoms with E-state index in [1.165, 1.54) is 0 Å². The van der Waals surface area contributed by atoms with E-state index in [-0.39, 0.29) is 5.91 Å². The van der Waals surface area contributed by atoms with Crippen molar-refractivity contribution in [2.24, 2.45) is 0 Å². The van der Waals surface area contributed by atoms with E-state index < -0.39 is 0 Å². The molecule has 0 radical (unpaired) electrons. The first-order valence-corrected chi connectivity index (χ1v) is 8.84. The number of hydrogen-bond acceptors (Lipinski definition) is 3. The SMILES string of the molecule is Cc1sc(CNC(=O)Cc2ccccc2)nc1-c1ccc(Cl)cc1. The van der Waals surface area contributed by atoms with Crippen LogP contribution in [0.2, 0.25) is 5.02 Å². The van der Waals surface area contributed by atoms with Crippen LogP contribution in [0.25, 0.3) is 11.3 Å². The second-order valence-electron chi connectivity index (χ2n) is 5.46. The Hall–Kier alpha value is -2.17. The quantitative estimate of drug-likeness (QED) is 0.724. The third-order valence-corrected chi connectivity index (χ3v) is 4.83. The lowest BCUT2D eigenvalue weighted by Crippen LogP contribution is -2.24. The number of benzene rings is 2. The minimum Gasteiger partial charge on any atom is -0.349 e. The van der Waals surface area contributed by atoms with Gasteiger partial charge >= 0.3 is 0 Å². The molecule has 0 atom stereocenters. The van der Waals surface area contributed by atoms with E-state index in [9.17, 15) is 4.79 Å². The molecule has 0 aliphatic carbocycles. The lowest BCUT2D eigenvalue weighted by atomic mass is 10.1. The highest BCUT2D eigenvalue weighted by molar-refractivity contribution is 7.12. The molecule has 0 saturated carbocycles. The number of aromatic nitrogens is 1. The molecule has 1 aromatic heterocycles. The fraction of sp³-hybridized carbons (Fsp3) is 0.158. The topological polar surface area (TPSA) is 42.0 Å². The van der Waals surface area contributed by atoms with Gasteiger partial charge in [0.15, 0.2) is 0 Å². The van der Waals surface area contributed by atoms with Gasteiger partial charge in [0.1, 0.15) is 5.01 Å². The van der Waals surface area contributed by atoms with Gasteiger partial charge in [-0.25, -0.2) is 4.98 Å². The van der Waals surface area contributed by atoms with Crippen LogP contribution >= 0.6 is 22.9 Å². The number of hydrogen-bond donors (Lipinski definition) is 1. The molecule has 2 aromatic carbocycles. The summed E-state index contributed by atoms with van der Waals surface area (Å²) in [5, 5.41) is 4.55. The molecule has 1 N–H and O–H groups in total. The number of amides is 1. The molecule has 1 heterocycles. The minimum absolute atomic E-state index is 0.00194. The molecule has 0 bridgehead atoms. The first-order valence-electron chi connectivity index (χ1n) is 7.64. The Kier molecular flexibility index (Phi) is 5.28. The van der Waals surface area contributed by atoms with E-state index in [4.69, 9.17) is 11.6 Å². The van der Waals surface area contributed by atoms with E-state index in [1.54, 1.807) is 11.3 Å².